The lowest BCUT2D eigenvalue weighted by atomic mass is 10.1. The largest absolute Gasteiger partial charge is 0.323 e. The van der Waals surface area contributed by atoms with Crippen LogP contribution in [-0.4, -0.2) is 33.3 Å². The molecule has 2 rings (SSSR count). The summed E-state index contributed by atoms with van der Waals surface area (Å²) in [6.45, 7) is 9.30. The molecule has 0 aliphatic carbocycles. The van der Waals surface area contributed by atoms with E-state index in [4.69, 9.17) is 0 Å². The number of nitrogens with one attached hydrogen (secondary N) is 1. The van der Waals surface area contributed by atoms with Crippen LogP contribution in [0.25, 0.3) is 0 Å². The van der Waals surface area contributed by atoms with Gasteiger partial charge in [-0.05, 0) is 39.5 Å². The Bertz CT molecular complexity index is 454. The summed E-state index contributed by atoms with van der Waals surface area (Å²) in [7, 11) is 0. The van der Waals surface area contributed by atoms with Gasteiger partial charge in [-0.25, -0.2) is 9.48 Å². The Morgan fingerprint density at radius 1 is 1.40 bits per heavy atom. The van der Waals surface area contributed by atoms with Gasteiger partial charge in [0.15, 0.2) is 0 Å². The number of rotatable bonds is 2. The SMILES string of the molecule is CC1CCCC(C)N(C(=O)Nc2ccnn2C(C)C)C1. The highest BCUT2D eigenvalue weighted by atomic mass is 16.2. The van der Waals surface area contributed by atoms with Gasteiger partial charge in [-0.2, -0.15) is 5.10 Å². The normalized spacial score (nSPS) is 23.8. The van der Waals surface area contributed by atoms with Crippen molar-refractivity contribution in [3.8, 4) is 0 Å². The van der Waals surface area contributed by atoms with E-state index < -0.39 is 0 Å². The zero-order valence-corrected chi connectivity index (χ0v) is 13.0. The van der Waals surface area contributed by atoms with Crippen LogP contribution in [-0.2, 0) is 0 Å². The molecular formula is C15H26N4O. The summed E-state index contributed by atoms with van der Waals surface area (Å²) in [5, 5.41) is 7.26. The first-order valence-electron chi connectivity index (χ1n) is 7.60. The molecule has 1 aliphatic rings. The van der Waals surface area contributed by atoms with Gasteiger partial charge in [-0.1, -0.05) is 13.3 Å². The molecule has 0 aromatic carbocycles. The summed E-state index contributed by atoms with van der Waals surface area (Å²) in [5.41, 5.74) is 0. The topological polar surface area (TPSA) is 50.2 Å². The Kier molecular flexibility index (Phi) is 4.68. The van der Waals surface area contributed by atoms with E-state index >= 15 is 0 Å². The molecule has 0 bridgehead atoms. The molecule has 0 spiro atoms. The third-order valence-corrected chi connectivity index (χ3v) is 4.01. The first-order chi connectivity index (χ1) is 9.49. The van der Waals surface area contributed by atoms with Crippen molar-refractivity contribution < 1.29 is 4.79 Å². The molecule has 1 N–H and O–H groups in total. The van der Waals surface area contributed by atoms with Crippen LogP contribution in [0.3, 0.4) is 0 Å². The molecule has 0 radical (unpaired) electrons. The molecule has 0 saturated carbocycles. The van der Waals surface area contributed by atoms with E-state index in [9.17, 15) is 4.79 Å². The minimum Gasteiger partial charge on any atom is -0.322 e. The zero-order chi connectivity index (χ0) is 14.7. The maximum Gasteiger partial charge on any atom is 0.323 e. The van der Waals surface area contributed by atoms with E-state index in [2.05, 4.69) is 38.1 Å². The van der Waals surface area contributed by atoms with E-state index in [1.807, 2.05) is 15.6 Å². The van der Waals surface area contributed by atoms with Crippen LogP contribution in [0.4, 0.5) is 10.6 Å². The van der Waals surface area contributed by atoms with Crippen molar-refractivity contribution in [1.29, 1.82) is 0 Å². The van der Waals surface area contributed by atoms with Crippen LogP contribution in [0.1, 0.15) is 53.0 Å². The van der Waals surface area contributed by atoms with Gasteiger partial charge >= 0.3 is 6.03 Å². The molecule has 5 nitrogen and oxygen atoms in total. The molecule has 20 heavy (non-hydrogen) atoms. The fraction of sp³-hybridized carbons (Fsp3) is 0.733. The van der Waals surface area contributed by atoms with Gasteiger partial charge in [0.25, 0.3) is 0 Å². The fourth-order valence-electron chi connectivity index (χ4n) is 2.81. The van der Waals surface area contributed by atoms with Crippen LogP contribution in [0.15, 0.2) is 12.3 Å². The highest BCUT2D eigenvalue weighted by Gasteiger charge is 2.25. The zero-order valence-electron chi connectivity index (χ0n) is 13.0. The average Bonchev–Trinajstić information content (AvgIpc) is 2.76. The van der Waals surface area contributed by atoms with Crippen molar-refractivity contribution >= 4 is 11.8 Å². The van der Waals surface area contributed by atoms with Gasteiger partial charge in [-0.15, -0.1) is 0 Å². The molecule has 2 heterocycles. The molecule has 1 aromatic rings. The number of carbonyl (C=O) groups excluding carboxylic acids is 1. The number of nitrogens with zero attached hydrogens (tertiary/aromatic N) is 3. The Morgan fingerprint density at radius 2 is 2.15 bits per heavy atom. The number of anilines is 1. The number of hydrogen-bond donors (Lipinski definition) is 1. The molecule has 2 amide bonds. The maximum absolute atomic E-state index is 12.5. The Morgan fingerprint density at radius 3 is 2.85 bits per heavy atom. The number of carbonyl (C=O) groups is 1. The second-order valence-corrected chi connectivity index (χ2v) is 6.22. The number of urea groups is 1. The van der Waals surface area contributed by atoms with Crippen molar-refractivity contribution in [1.82, 2.24) is 14.7 Å². The molecule has 1 fully saturated rings. The maximum atomic E-state index is 12.5. The van der Waals surface area contributed by atoms with E-state index in [1.54, 1.807) is 6.20 Å². The number of hydrogen-bond acceptors (Lipinski definition) is 2. The summed E-state index contributed by atoms with van der Waals surface area (Å²) in [5.74, 6) is 1.34. The molecule has 5 heteroatoms. The average molecular weight is 278 g/mol. The van der Waals surface area contributed by atoms with Gasteiger partial charge < -0.3 is 4.90 Å². The lowest BCUT2D eigenvalue weighted by Gasteiger charge is -2.29. The highest BCUT2D eigenvalue weighted by Crippen LogP contribution is 2.22. The Hall–Kier alpha value is -1.52. The van der Waals surface area contributed by atoms with Crippen molar-refractivity contribution in [2.75, 3.05) is 11.9 Å². The van der Waals surface area contributed by atoms with E-state index in [-0.39, 0.29) is 12.1 Å². The summed E-state index contributed by atoms with van der Waals surface area (Å²) in [6, 6.07) is 2.38. The predicted octanol–water partition coefficient (Wildman–Crippen LogP) is 3.51. The second kappa shape index (κ2) is 6.29. The molecule has 1 aliphatic heterocycles. The summed E-state index contributed by atoms with van der Waals surface area (Å²) in [6.07, 6.45) is 5.22. The molecule has 1 saturated heterocycles. The lowest BCUT2D eigenvalue weighted by Crippen LogP contribution is -2.42. The van der Waals surface area contributed by atoms with Gasteiger partial charge in [0, 0.05) is 24.7 Å². The minimum absolute atomic E-state index is 0.00588. The van der Waals surface area contributed by atoms with Crippen molar-refractivity contribution in [2.24, 2.45) is 5.92 Å². The summed E-state index contributed by atoms with van der Waals surface area (Å²) < 4.78 is 1.84. The number of aromatic nitrogens is 2. The van der Waals surface area contributed by atoms with Crippen molar-refractivity contribution in [3.05, 3.63) is 12.3 Å². The molecule has 112 valence electrons. The quantitative estimate of drug-likeness (QED) is 0.900. The molecule has 2 unspecified atom stereocenters. The smallest absolute Gasteiger partial charge is 0.322 e. The highest BCUT2D eigenvalue weighted by molar-refractivity contribution is 5.88. The number of likely N-dealkylation sites (tertiary alicyclic amines) is 1. The van der Waals surface area contributed by atoms with Gasteiger partial charge in [-0.3, -0.25) is 5.32 Å². The Balaban J connectivity index is 2.08. The van der Waals surface area contributed by atoms with Crippen LogP contribution < -0.4 is 5.32 Å². The van der Waals surface area contributed by atoms with Crippen LogP contribution >= 0.6 is 0 Å². The molecular weight excluding hydrogens is 252 g/mol. The van der Waals surface area contributed by atoms with E-state index in [0.717, 1.165) is 18.8 Å². The minimum atomic E-state index is -0.00588. The predicted molar refractivity (Wildman–Crippen MR) is 80.8 cm³/mol. The van der Waals surface area contributed by atoms with E-state index in [1.165, 1.54) is 12.8 Å². The van der Waals surface area contributed by atoms with Gasteiger partial charge in [0.05, 0.1) is 6.20 Å². The van der Waals surface area contributed by atoms with Crippen LogP contribution in [0.2, 0.25) is 0 Å². The van der Waals surface area contributed by atoms with Crippen molar-refractivity contribution in [2.45, 2.75) is 59.0 Å². The van der Waals surface area contributed by atoms with Gasteiger partial charge in [0.1, 0.15) is 5.82 Å². The first kappa shape index (κ1) is 14.9. The molecule has 1 aromatic heterocycles. The fourth-order valence-corrected chi connectivity index (χ4v) is 2.81. The van der Waals surface area contributed by atoms with Crippen LogP contribution in [0.5, 0.6) is 0 Å². The third-order valence-electron chi connectivity index (χ3n) is 4.01. The molecule has 2 atom stereocenters. The summed E-state index contributed by atoms with van der Waals surface area (Å²) >= 11 is 0. The van der Waals surface area contributed by atoms with Crippen molar-refractivity contribution in [3.63, 3.8) is 0 Å². The third kappa shape index (κ3) is 3.32. The summed E-state index contributed by atoms with van der Waals surface area (Å²) in [4.78, 5) is 14.5. The Labute approximate surface area is 121 Å². The van der Waals surface area contributed by atoms with Crippen LogP contribution in [0, 0.1) is 5.92 Å². The lowest BCUT2D eigenvalue weighted by molar-refractivity contribution is 0.187. The second-order valence-electron chi connectivity index (χ2n) is 6.22. The first-order valence-corrected chi connectivity index (χ1v) is 7.60. The monoisotopic (exact) mass is 278 g/mol. The standard InChI is InChI=1S/C15H26N4O/c1-11(2)19-14(8-9-16-19)17-15(20)18-10-12(3)6-5-7-13(18)4/h8-9,11-13H,5-7,10H2,1-4H3,(H,17,20). The van der Waals surface area contributed by atoms with Gasteiger partial charge in [0.2, 0.25) is 0 Å². The number of amides is 2. The van der Waals surface area contributed by atoms with E-state index in [0.29, 0.717) is 12.0 Å².